The Morgan fingerprint density at radius 1 is 1.32 bits per heavy atom. The lowest BCUT2D eigenvalue weighted by atomic mass is 10.0. The van der Waals surface area contributed by atoms with Crippen molar-refractivity contribution in [1.82, 2.24) is 4.98 Å². The highest BCUT2D eigenvalue weighted by molar-refractivity contribution is 9.10. The molecule has 1 aromatic heterocycles. The fourth-order valence-electron chi connectivity index (χ4n) is 1.68. The van der Waals surface area contributed by atoms with E-state index < -0.39 is 5.82 Å². The van der Waals surface area contributed by atoms with Crippen molar-refractivity contribution in [3.63, 3.8) is 0 Å². The van der Waals surface area contributed by atoms with E-state index in [4.69, 9.17) is 5.11 Å². The molecule has 2 aromatic rings. The van der Waals surface area contributed by atoms with E-state index in [9.17, 15) is 9.18 Å². The summed E-state index contributed by atoms with van der Waals surface area (Å²) in [4.78, 5) is 16.0. The quantitative estimate of drug-likeness (QED) is 0.880. The second kappa shape index (κ2) is 6.04. The second-order valence-electron chi connectivity index (χ2n) is 4.05. The number of hydrogen-bond donors (Lipinski definition) is 1. The number of carbonyl (C=O) groups is 1. The van der Waals surface area contributed by atoms with E-state index >= 15 is 0 Å². The molecular weight excluding hydrogens is 313 g/mol. The zero-order chi connectivity index (χ0) is 13.8. The second-order valence-corrected chi connectivity index (χ2v) is 4.96. The first kappa shape index (κ1) is 13.8. The highest BCUT2D eigenvalue weighted by Gasteiger charge is 2.10. The third kappa shape index (κ3) is 3.45. The molecule has 0 unspecified atom stereocenters. The molecule has 1 N–H and O–H groups in total. The molecule has 19 heavy (non-hydrogen) atoms. The largest absolute Gasteiger partial charge is 0.392 e. The molecule has 0 atom stereocenters. The SMILES string of the molecule is O=C(Cc1ccc(F)c(CO)c1)c1ccc(Br)cn1. The summed E-state index contributed by atoms with van der Waals surface area (Å²) in [5, 5.41) is 8.98. The van der Waals surface area contributed by atoms with Crippen molar-refractivity contribution in [2.24, 2.45) is 0 Å². The summed E-state index contributed by atoms with van der Waals surface area (Å²) in [6.45, 7) is -0.385. The van der Waals surface area contributed by atoms with Crippen molar-refractivity contribution in [2.75, 3.05) is 0 Å². The number of carbonyl (C=O) groups excluding carboxylic acids is 1. The molecule has 0 aliphatic carbocycles. The summed E-state index contributed by atoms with van der Waals surface area (Å²) in [5.74, 6) is -0.622. The van der Waals surface area contributed by atoms with Crippen molar-refractivity contribution >= 4 is 21.7 Å². The zero-order valence-electron chi connectivity index (χ0n) is 9.94. The molecule has 0 radical (unpaired) electrons. The minimum Gasteiger partial charge on any atom is -0.392 e. The third-order valence-electron chi connectivity index (χ3n) is 2.66. The summed E-state index contributed by atoms with van der Waals surface area (Å²) < 4.78 is 14.0. The Kier molecular flexibility index (Phi) is 4.39. The van der Waals surface area contributed by atoms with Gasteiger partial charge < -0.3 is 5.11 Å². The van der Waals surface area contributed by atoms with Crippen LogP contribution in [0, 0.1) is 5.82 Å². The molecule has 0 saturated carbocycles. The van der Waals surface area contributed by atoms with Crippen molar-refractivity contribution in [3.05, 3.63) is 63.6 Å². The fourth-order valence-corrected chi connectivity index (χ4v) is 1.91. The maximum atomic E-state index is 13.2. The molecule has 0 aliphatic heterocycles. The number of ketones is 1. The summed E-state index contributed by atoms with van der Waals surface area (Å²) in [7, 11) is 0. The molecule has 0 saturated heterocycles. The molecule has 3 nitrogen and oxygen atoms in total. The summed E-state index contributed by atoms with van der Waals surface area (Å²) in [6, 6.07) is 7.65. The molecule has 5 heteroatoms. The molecule has 0 bridgehead atoms. The van der Waals surface area contributed by atoms with Crippen LogP contribution in [0.3, 0.4) is 0 Å². The van der Waals surface area contributed by atoms with Crippen LogP contribution < -0.4 is 0 Å². The van der Waals surface area contributed by atoms with Crippen LogP contribution in [-0.4, -0.2) is 15.9 Å². The first-order chi connectivity index (χ1) is 9.10. The van der Waals surface area contributed by atoms with E-state index in [1.807, 2.05) is 0 Å². The van der Waals surface area contributed by atoms with Gasteiger partial charge in [0.25, 0.3) is 0 Å². The van der Waals surface area contributed by atoms with Gasteiger partial charge in [-0.15, -0.1) is 0 Å². The van der Waals surface area contributed by atoms with Crippen LogP contribution in [0.1, 0.15) is 21.6 Å². The molecule has 1 aromatic carbocycles. The van der Waals surface area contributed by atoms with Crippen molar-refractivity contribution in [1.29, 1.82) is 0 Å². The van der Waals surface area contributed by atoms with Crippen LogP contribution in [0.25, 0.3) is 0 Å². The average molecular weight is 324 g/mol. The predicted molar refractivity (Wildman–Crippen MR) is 72.3 cm³/mol. The first-order valence-corrected chi connectivity index (χ1v) is 6.42. The van der Waals surface area contributed by atoms with Gasteiger partial charge in [-0.1, -0.05) is 12.1 Å². The molecule has 0 fully saturated rings. The molecule has 98 valence electrons. The predicted octanol–water partition coefficient (Wildman–Crippen LogP) is 2.90. The number of pyridine rings is 1. The lowest BCUT2D eigenvalue weighted by molar-refractivity contribution is 0.0988. The standard InChI is InChI=1S/C14H11BrFNO2/c15-11-2-4-13(17-7-11)14(19)6-9-1-3-12(16)10(5-9)8-18/h1-5,7,18H,6,8H2. The Hall–Kier alpha value is -1.59. The number of nitrogens with zero attached hydrogens (tertiary/aromatic N) is 1. The Morgan fingerprint density at radius 3 is 2.74 bits per heavy atom. The molecule has 0 spiro atoms. The Balaban J connectivity index is 2.17. The van der Waals surface area contributed by atoms with Gasteiger partial charge in [-0.2, -0.15) is 0 Å². The fraction of sp³-hybridized carbons (Fsp3) is 0.143. The normalized spacial score (nSPS) is 10.5. The lowest BCUT2D eigenvalue weighted by Crippen LogP contribution is -2.06. The van der Waals surface area contributed by atoms with E-state index in [0.29, 0.717) is 11.3 Å². The van der Waals surface area contributed by atoms with Crippen LogP contribution in [0.5, 0.6) is 0 Å². The van der Waals surface area contributed by atoms with Crippen LogP contribution in [0.4, 0.5) is 4.39 Å². The van der Waals surface area contributed by atoms with Gasteiger partial charge in [-0.05, 0) is 39.7 Å². The maximum Gasteiger partial charge on any atom is 0.185 e. The zero-order valence-corrected chi connectivity index (χ0v) is 11.5. The van der Waals surface area contributed by atoms with Crippen molar-refractivity contribution in [2.45, 2.75) is 13.0 Å². The Bertz CT molecular complexity index is 599. The minimum absolute atomic E-state index is 0.127. The molecular formula is C14H11BrFNO2. The van der Waals surface area contributed by atoms with E-state index in [1.165, 1.54) is 18.2 Å². The van der Waals surface area contributed by atoms with Gasteiger partial charge in [0, 0.05) is 22.7 Å². The number of benzene rings is 1. The van der Waals surface area contributed by atoms with Gasteiger partial charge >= 0.3 is 0 Å². The Morgan fingerprint density at radius 2 is 2.11 bits per heavy atom. The first-order valence-electron chi connectivity index (χ1n) is 5.63. The smallest absolute Gasteiger partial charge is 0.185 e. The van der Waals surface area contributed by atoms with Crippen LogP contribution in [0.2, 0.25) is 0 Å². The maximum absolute atomic E-state index is 13.2. The van der Waals surface area contributed by atoms with Gasteiger partial charge in [0.1, 0.15) is 11.5 Å². The van der Waals surface area contributed by atoms with E-state index in [-0.39, 0.29) is 24.4 Å². The molecule has 1 heterocycles. The summed E-state index contributed by atoms with van der Waals surface area (Å²) >= 11 is 3.24. The van der Waals surface area contributed by atoms with Crippen molar-refractivity contribution < 1.29 is 14.3 Å². The number of aromatic nitrogens is 1. The van der Waals surface area contributed by atoms with Gasteiger partial charge in [0.05, 0.1) is 6.61 Å². The monoisotopic (exact) mass is 323 g/mol. The summed E-state index contributed by atoms with van der Waals surface area (Å²) in [6.07, 6.45) is 1.68. The molecule has 2 rings (SSSR count). The third-order valence-corrected chi connectivity index (χ3v) is 3.13. The summed E-state index contributed by atoms with van der Waals surface area (Å²) in [5.41, 5.74) is 1.20. The number of hydrogen-bond acceptors (Lipinski definition) is 3. The van der Waals surface area contributed by atoms with E-state index in [0.717, 1.165) is 4.47 Å². The molecule has 0 amide bonds. The number of halogens is 2. The van der Waals surface area contributed by atoms with Gasteiger partial charge in [0.2, 0.25) is 0 Å². The number of rotatable bonds is 4. The number of aliphatic hydroxyl groups is 1. The van der Waals surface area contributed by atoms with Gasteiger partial charge in [0.15, 0.2) is 5.78 Å². The minimum atomic E-state index is -0.472. The lowest BCUT2D eigenvalue weighted by Gasteiger charge is -2.04. The van der Waals surface area contributed by atoms with Gasteiger partial charge in [-0.25, -0.2) is 4.39 Å². The van der Waals surface area contributed by atoms with Crippen LogP contribution in [-0.2, 0) is 13.0 Å². The highest BCUT2D eigenvalue weighted by Crippen LogP contribution is 2.14. The topological polar surface area (TPSA) is 50.2 Å². The van der Waals surface area contributed by atoms with Gasteiger partial charge in [-0.3, -0.25) is 9.78 Å². The van der Waals surface area contributed by atoms with E-state index in [1.54, 1.807) is 18.3 Å². The van der Waals surface area contributed by atoms with Crippen molar-refractivity contribution in [3.8, 4) is 0 Å². The Labute approximate surface area is 118 Å². The number of aliphatic hydroxyl groups excluding tert-OH is 1. The van der Waals surface area contributed by atoms with Crippen LogP contribution >= 0.6 is 15.9 Å². The molecule has 0 aliphatic rings. The highest BCUT2D eigenvalue weighted by atomic mass is 79.9. The van der Waals surface area contributed by atoms with E-state index in [2.05, 4.69) is 20.9 Å². The van der Waals surface area contributed by atoms with Crippen LogP contribution in [0.15, 0.2) is 41.0 Å². The number of Topliss-reactive ketones (excluding diaryl/α,β-unsaturated/α-hetero) is 1. The average Bonchev–Trinajstić information content (AvgIpc) is 2.41.